The van der Waals surface area contributed by atoms with E-state index < -0.39 is 0 Å². The fraction of sp³-hybridized carbons (Fsp3) is 0.200. The van der Waals surface area contributed by atoms with E-state index in [0.29, 0.717) is 10.0 Å². The van der Waals surface area contributed by atoms with Crippen molar-refractivity contribution in [2.45, 2.75) is 6.04 Å². The number of ether oxygens (including phenoxy) is 1. The van der Waals surface area contributed by atoms with Gasteiger partial charge >= 0.3 is 0 Å². The molecule has 112 valence electrons. The van der Waals surface area contributed by atoms with E-state index in [1.54, 1.807) is 7.11 Å². The highest BCUT2D eigenvalue weighted by atomic mass is 127. The molecule has 2 nitrogen and oxygen atoms in total. The van der Waals surface area contributed by atoms with E-state index in [1.807, 2.05) is 37.4 Å². The van der Waals surface area contributed by atoms with E-state index in [1.165, 1.54) is 0 Å². The first-order valence-corrected chi connectivity index (χ1v) is 8.75. The molecule has 0 heterocycles. The summed E-state index contributed by atoms with van der Waals surface area (Å²) in [6.45, 7) is 0. The average Bonchev–Trinajstić information content (AvgIpc) is 2.43. The quantitative estimate of drug-likeness (QED) is 0.545. The van der Waals surface area contributed by atoms with Crippen LogP contribution in [0.4, 0.5) is 0 Å². The third-order valence-corrected chi connectivity index (χ3v) is 5.13. The average molecular weight is 501 g/mol. The lowest BCUT2D eigenvalue weighted by molar-refractivity contribution is 0.402. The van der Waals surface area contributed by atoms with Crippen LogP contribution in [0.25, 0.3) is 0 Å². The molecule has 0 aliphatic heterocycles. The lowest BCUT2D eigenvalue weighted by Crippen LogP contribution is -2.19. The maximum atomic E-state index is 6.20. The van der Waals surface area contributed by atoms with Crippen molar-refractivity contribution in [2.24, 2.45) is 0 Å². The van der Waals surface area contributed by atoms with Gasteiger partial charge < -0.3 is 10.1 Å². The fourth-order valence-corrected chi connectivity index (χ4v) is 4.05. The Labute approximate surface area is 156 Å². The molecule has 1 N–H and O–H groups in total. The predicted molar refractivity (Wildman–Crippen MR) is 101 cm³/mol. The zero-order valence-electron chi connectivity index (χ0n) is 11.4. The molecule has 0 saturated carbocycles. The Morgan fingerprint density at radius 1 is 1.14 bits per heavy atom. The van der Waals surface area contributed by atoms with Gasteiger partial charge in [0.25, 0.3) is 0 Å². The van der Waals surface area contributed by atoms with Crippen LogP contribution in [0.2, 0.25) is 10.0 Å². The number of halogens is 4. The molecule has 1 unspecified atom stereocenters. The Hall–Kier alpha value is -0.0100. The van der Waals surface area contributed by atoms with E-state index in [2.05, 4.69) is 43.8 Å². The van der Waals surface area contributed by atoms with Crippen LogP contribution in [0.3, 0.4) is 0 Å². The van der Waals surface area contributed by atoms with Crippen molar-refractivity contribution in [1.82, 2.24) is 5.32 Å². The van der Waals surface area contributed by atoms with Gasteiger partial charge in [0.15, 0.2) is 0 Å². The summed E-state index contributed by atoms with van der Waals surface area (Å²) < 4.78 is 7.47. The number of hydrogen-bond donors (Lipinski definition) is 1. The highest BCUT2D eigenvalue weighted by Crippen LogP contribution is 2.39. The normalized spacial score (nSPS) is 12.3. The zero-order valence-corrected chi connectivity index (χ0v) is 16.6. The molecule has 0 radical (unpaired) electrons. The molecule has 0 aliphatic carbocycles. The molecular weight excluding hydrogens is 488 g/mol. The molecule has 1 atom stereocenters. The van der Waals surface area contributed by atoms with Crippen molar-refractivity contribution in [3.8, 4) is 5.75 Å². The van der Waals surface area contributed by atoms with E-state index in [-0.39, 0.29) is 6.04 Å². The Kier molecular flexibility index (Phi) is 6.20. The molecule has 0 spiro atoms. The van der Waals surface area contributed by atoms with Crippen molar-refractivity contribution in [3.05, 3.63) is 59.5 Å². The molecule has 0 saturated heterocycles. The van der Waals surface area contributed by atoms with Crippen molar-refractivity contribution in [3.63, 3.8) is 0 Å². The minimum absolute atomic E-state index is 0.0689. The molecule has 0 bridgehead atoms. The van der Waals surface area contributed by atoms with Crippen LogP contribution in [0.5, 0.6) is 5.75 Å². The number of nitrogens with one attached hydrogen (secondary N) is 1. The molecule has 0 aliphatic rings. The van der Waals surface area contributed by atoms with Gasteiger partial charge in [-0.15, -0.1) is 0 Å². The zero-order chi connectivity index (χ0) is 15.6. The van der Waals surface area contributed by atoms with Crippen LogP contribution in [0, 0.1) is 3.57 Å². The largest absolute Gasteiger partial charge is 0.495 e. The molecule has 21 heavy (non-hydrogen) atoms. The lowest BCUT2D eigenvalue weighted by Gasteiger charge is -2.22. The molecular formula is C15H13BrCl2INO. The van der Waals surface area contributed by atoms with Gasteiger partial charge in [-0.3, -0.25) is 0 Å². The van der Waals surface area contributed by atoms with Gasteiger partial charge in [-0.2, -0.15) is 0 Å². The molecule has 2 aromatic rings. The molecule has 6 heteroatoms. The van der Waals surface area contributed by atoms with Crippen molar-refractivity contribution in [2.75, 3.05) is 14.2 Å². The van der Waals surface area contributed by atoms with Gasteiger partial charge in [0, 0.05) is 19.2 Å². The van der Waals surface area contributed by atoms with Crippen molar-refractivity contribution in [1.29, 1.82) is 0 Å². The number of benzene rings is 2. The van der Waals surface area contributed by atoms with Gasteiger partial charge in [0.05, 0.1) is 17.6 Å². The second kappa shape index (κ2) is 7.51. The smallest absolute Gasteiger partial charge is 0.138 e. The number of rotatable bonds is 4. The van der Waals surface area contributed by atoms with Gasteiger partial charge in [0.2, 0.25) is 0 Å². The first-order valence-electron chi connectivity index (χ1n) is 6.13. The summed E-state index contributed by atoms with van der Waals surface area (Å²) in [5, 5.41) is 4.66. The van der Waals surface area contributed by atoms with Crippen molar-refractivity contribution >= 4 is 61.7 Å². The van der Waals surface area contributed by atoms with Crippen LogP contribution in [0.1, 0.15) is 17.2 Å². The minimum Gasteiger partial charge on any atom is -0.495 e. The Balaban J connectivity index is 2.64. The number of methoxy groups -OCH3 is 1. The number of hydrogen-bond acceptors (Lipinski definition) is 2. The van der Waals surface area contributed by atoms with Gasteiger partial charge in [-0.1, -0.05) is 23.2 Å². The van der Waals surface area contributed by atoms with Crippen LogP contribution < -0.4 is 10.1 Å². The lowest BCUT2D eigenvalue weighted by atomic mass is 9.98. The summed E-state index contributed by atoms with van der Waals surface area (Å²) in [7, 11) is 3.54. The summed E-state index contributed by atoms with van der Waals surface area (Å²) in [5.41, 5.74) is 2.04. The second-order valence-electron chi connectivity index (χ2n) is 4.40. The highest BCUT2D eigenvalue weighted by molar-refractivity contribution is 14.1. The van der Waals surface area contributed by atoms with Gasteiger partial charge in [0.1, 0.15) is 5.75 Å². The Morgan fingerprint density at radius 2 is 1.81 bits per heavy atom. The monoisotopic (exact) mass is 499 g/mol. The molecule has 2 aromatic carbocycles. The van der Waals surface area contributed by atoms with Crippen LogP contribution in [-0.2, 0) is 0 Å². The van der Waals surface area contributed by atoms with Crippen LogP contribution >= 0.6 is 61.7 Å². The maximum Gasteiger partial charge on any atom is 0.138 e. The summed E-state index contributed by atoms with van der Waals surface area (Å²) >= 11 is 18.1. The molecule has 0 amide bonds. The Morgan fingerprint density at radius 3 is 2.43 bits per heavy atom. The minimum atomic E-state index is -0.0689. The molecule has 2 rings (SSSR count). The van der Waals surface area contributed by atoms with Crippen LogP contribution in [0.15, 0.2) is 34.8 Å². The van der Waals surface area contributed by atoms with E-state index in [4.69, 9.17) is 27.9 Å². The van der Waals surface area contributed by atoms with Crippen LogP contribution in [-0.4, -0.2) is 14.2 Å². The SMILES string of the molecule is CNC(c1cc(Cl)ccc1I)c1cc(Cl)cc(Br)c1OC. The first-order chi connectivity index (χ1) is 9.97. The first kappa shape index (κ1) is 17.3. The highest BCUT2D eigenvalue weighted by Gasteiger charge is 2.21. The summed E-state index contributed by atoms with van der Waals surface area (Å²) in [6.07, 6.45) is 0. The third kappa shape index (κ3) is 3.85. The van der Waals surface area contributed by atoms with Gasteiger partial charge in [-0.25, -0.2) is 0 Å². The second-order valence-corrected chi connectivity index (χ2v) is 7.29. The standard InChI is InChI=1S/C15H13BrCl2INO/c1-20-14(10-5-8(17)3-4-13(10)19)11-6-9(18)7-12(16)15(11)21-2/h3-7,14,20H,1-2H3. The summed E-state index contributed by atoms with van der Waals surface area (Å²) in [4.78, 5) is 0. The summed E-state index contributed by atoms with van der Waals surface area (Å²) in [6, 6.07) is 9.49. The van der Waals surface area contributed by atoms with E-state index in [9.17, 15) is 0 Å². The van der Waals surface area contributed by atoms with E-state index >= 15 is 0 Å². The third-order valence-electron chi connectivity index (χ3n) is 3.11. The molecule has 0 fully saturated rings. The fourth-order valence-electron chi connectivity index (χ4n) is 2.22. The molecule has 0 aromatic heterocycles. The topological polar surface area (TPSA) is 21.3 Å². The summed E-state index contributed by atoms with van der Waals surface area (Å²) in [5.74, 6) is 0.759. The maximum absolute atomic E-state index is 6.20. The Bertz CT molecular complexity index is 666. The van der Waals surface area contributed by atoms with E-state index in [0.717, 1.165) is 24.9 Å². The predicted octanol–water partition coefficient (Wildman–Crippen LogP) is 5.68. The van der Waals surface area contributed by atoms with Gasteiger partial charge in [-0.05, 0) is 81.5 Å². The van der Waals surface area contributed by atoms with Crippen molar-refractivity contribution < 1.29 is 4.74 Å².